The molecule has 0 bridgehead atoms. The lowest BCUT2D eigenvalue weighted by atomic mass is 9.74. The zero-order valence-corrected chi connectivity index (χ0v) is 19.4. The Morgan fingerprint density at radius 3 is 2.53 bits per heavy atom. The van der Waals surface area contributed by atoms with Crippen molar-refractivity contribution >= 4 is 5.91 Å². The number of hydrogen-bond donors (Lipinski definition) is 1. The van der Waals surface area contributed by atoms with Crippen LogP contribution in [0.1, 0.15) is 56.2 Å². The summed E-state index contributed by atoms with van der Waals surface area (Å²) in [6.07, 6.45) is 1.07. The van der Waals surface area contributed by atoms with E-state index in [4.69, 9.17) is 18.9 Å². The van der Waals surface area contributed by atoms with Crippen molar-refractivity contribution in [3.8, 4) is 17.2 Å². The maximum absolute atomic E-state index is 12.9. The van der Waals surface area contributed by atoms with Gasteiger partial charge in [-0.2, -0.15) is 0 Å². The van der Waals surface area contributed by atoms with E-state index >= 15 is 0 Å². The molecule has 1 amide bonds. The van der Waals surface area contributed by atoms with E-state index in [2.05, 4.69) is 38.2 Å². The highest BCUT2D eigenvalue weighted by Crippen LogP contribution is 2.40. The predicted molar refractivity (Wildman–Crippen MR) is 123 cm³/mol. The summed E-state index contributed by atoms with van der Waals surface area (Å²) in [6, 6.07) is 12.1. The molecular formula is C26H33NO5. The van der Waals surface area contributed by atoms with E-state index in [1.165, 1.54) is 11.1 Å². The molecule has 0 aromatic heterocycles. The molecule has 2 aromatic rings. The molecule has 1 unspecified atom stereocenters. The molecule has 172 valence electrons. The standard InChI is InChI=1S/C26H33NO5/c1-17(2)22-7-6-21(13-18(22)3)32-19(4)25(28)27-15-26(9-11-29-12-10-26)20-5-8-23-24(14-20)31-16-30-23/h5-8,13-14,17,19H,9-12,15-16H2,1-4H3,(H,27,28). The van der Waals surface area contributed by atoms with Gasteiger partial charge in [-0.1, -0.05) is 26.0 Å². The summed E-state index contributed by atoms with van der Waals surface area (Å²) < 4.78 is 22.6. The van der Waals surface area contributed by atoms with Crippen molar-refractivity contribution in [2.75, 3.05) is 26.6 Å². The Balaban J connectivity index is 1.43. The summed E-state index contributed by atoms with van der Waals surface area (Å²) in [5, 5.41) is 3.13. The summed E-state index contributed by atoms with van der Waals surface area (Å²) in [7, 11) is 0. The first-order valence-electron chi connectivity index (χ1n) is 11.4. The van der Waals surface area contributed by atoms with Crippen LogP contribution in [0.3, 0.4) is 0 Å². The van der Waals surface area contributed by atoms with Gasteiger partial charge in [0.15, 0.2) is 17.6 Å². The quantitative estimate of drug-likeness (QED) is 0.689. The number of ether oxygens (including phenoxy) is 4. The van der Waals surface area contributed by atoms with Gasteiger partial charge >= 0.3 is 0 Å². The minimum absolute atomic E-state index is 0.123. The van der Waals surface area contributed by atoms with Gasteiger partial charge in [-0.3, -0.25) is 4.79 Å². The molecule has 0 radical (unpaired) electrons. The fraction of sp³-hybridized carbons (Fsp3) is 0.500. The van der Waals surface area contributed by atoms with Gasteiger partial charge in [0.1, 0.15) is 5.75 Å². The Hall–Kier alpha value is -2.73. The van der Waals surface area contributed by atoms with Gasteiger partial charge in [0, 0.05) is 25.2 Å². The zero-order valence-electron chi connectivity index (χ0n) is 19.4. The fourth-order valence-corrected chi connectivity index (χ4v) is 4.58. The van der Waals surface area contributed by atoms with Crippen molar-refractivity contribution in [3.05, 3.63) is 53.1 Å². The van der Waals surface area contributed by atoms with Gasteiger partial charge in [-0.25, -0.2) is 0 Å². The van der Waals surface area contributed by atoms with Crippen LogP contribution in [-0.4, -0.2) is 38.6 Å². The average Bonchev–Trinajstić information content (AvgIpc) is 3.26. The summed E-state index contributed by atoms with van der Waals surface area (Å²) in [5.74, 6) is 2.57. The Kier molecular flexibility index (Phi) is 6.60. The molecule has 1 N–H and O–H groups in total. The Morgan fingerprint density at radius 1 is 1.06 bits per heavy atom. The van der Waals surface area contributed by atoms with Crippen LogP contribution in [0, 0.1) is 6.92 Å². The number of fused-ring (bicyclic) bond motifs is 1. The second-order valence-electron chi connectivity index (χ2n) is 9.11. The molecule has 0 spiro atoms. The molecule has 1 fully saturated rings. The molecule has 6 nitrogen and oxygen atoms in total. The third-order valence-corrected chi connectivity index (χ3v) is 6.58. The van der Waals surface area contributed by atoms with E-state index < -0.39 is 6.10 Å². The lowest BCUT2D eigenvalue weighted by molar-refractivity contribution is -0.127. The maximum atomic E-state index is 12.9. The van der Waals surface area contributed by atoms with Crippen molar-refractivity contribution < 1.29 is 23.7 Å². The number of carbonyl (C=O) groups excluding carboxylic acids is 1. The number of benzene rings is 2. The minimum atomic E-state index is -0.590. The van der Waals surface area contributed by atoms with Crippen LogP contribution in [0.2, 0.25) is 0 Å². The minimum Gasteiger partial charge on any atom is -0.481 e. The Labute approximate surface area is 190 Å². The third kappa shape index (κ3) is 4.70. The first kappa shape index (κ1) is 22.5. The van der Waals surface area contributed by atoms with Gasteiger partial charge in [0.2, 0.25) is 6.79 Å². The van der Waals surface area contributed by atoms with Gasteiger partial charge in [0.05, 0.1) is 0 Å². The highest BCUT2D eigenvalue weighted by atomic mass is 16.7. The van der Waals surface area contributed by atoms with E-state index in [-0.39, 0.29) is 18.1 Å². The fourth-order valence-electron chi connectivity index (χ4n) is 4.58. The van der Waals surface area contributed by atoms with Crippen molar-refractivity contribution in [1.29, 1.82) is 0 Å². The molecule has 1 saturated heterocycles. The number of amides is 1. The SMILES string of the molecule is Cc1cc(OC(C)C(=O)NCC2(c3ccc4c(c3)OCO4)CCOCC2)ccc1C(C)C. The molecule has 4 rings (SSSR count). The van der Waals surface area contributed by atoms with Crippen molar-refractivity contribution in [2.45, 2.75) is 58.0 Å². The average molecular weight is 440 g/mol. The van der Waals surface area contributed by atoms with E-state index in [1.54, 1.807) is 6.92 Å². The van der Waals surface area contributed by atoms with Crippen LogP contribution in [0.4, 0.5) is 0 Å². The molecule has 0 saturated carbocycles. The smallest absolute Gasteiger partial charge is 0.260 e. The highest BCUT2D eigenvalue weighted by molar-refractivity contribution is 5.80. The third-order valence-electron chi connectivity index (χ3n) is 6.58. The van der Waals surface area contributed by atoms with Crippen LogP contribution < -0.4 is 19.5 Å². The summed E-state index contributed by atoms with van der Waals surface area (Å²) in [5.41, 5.74) is 3.40. The number of carbonyl (C=O) groups is 1. The summed E-state index contributed by atoms with van der Waals surface area (Å²) in [4.78, 5) is 12.9. The summed E-state index contributed by atoms with van der Waals surface area (Å²) >= 11 is 0. The Morgan fingerprint density at radius 2 is 1.81 bits per heavy atom. The first-order valence-corrected chi connectivity index (χ1v) is 11.4. The predicted octanol–water partition coefficient (Wildman–Crippen LogP) is 4.48. The van der Waals surface area contributed by atoms with Gasteiger partial charge in [-0.05, 0) is 73.6 Å². The normalized spacial score (nSPS) is 17.8. The van der Waals surface area contributed by atoms with Crippen LogP contribution >= 0.6 is 0 Å². The summed E-state index contributed by atoms with van der Waals surface area (Å²) in [6.45, 7) is 10.3. The lowest BCUT2D eigenvalue weighted by Crippen LogP contribution is -2.47. The molecule has 32 heavy (non-hydrogen) atoms. The monoisotopic (exact) mass is 439 g/mol. The maximum Gasteiger partial charge on any atom is 0.260 e. The van der Waals surface area contributed by atoms with Crippen LogP contribution in [-0.2, 0) is 14.9 Å². The second kappa shape index (κ2) is 9.41. The van der Waals surface area contributed by atoms with E-state index in [1.807, 2.05) is 24.3 Å². The molecule has 2 aliphatic rings. The number of aryl methyl sites for hydroxylation is 1. The van der Waals surface area contributed by atoms with Gasteiger partial charge < -0.3 is 24.3 Å². The van der Waals surface area contributed by atoms with Crippen LogP contribution in [0.15, 0.2) is 36.4 Å². The van der Waals surface area contributed by atoms with Crippen molar-refractivity contribution in [1.82, 2.24) is 5.32 Å². The van der Waals surface area contributed by atoms with Crippen LogP contribution in [0.5, 0.6) is 17.2 Å². The number of rotatable bonds is 7. The van der Waals surface area contributed by atoms with Gasteiger partial charge in [-0.15, -0.1) is 0 Å². The largest absolute Gasteiger partial charge is 0.481 e. The second-order valence-corrected chi connectivity index (χ2v) is 9.11. The van der Waals surface area contributed by atoms with Crippen LogP contribution in [0.25, 0.3) is 0 Å². The first-order chi connectivity index (χ1) is 15.4. The van der Waals surface area contributed by atoms with Gasteiger partial charge in [0.25, 0.3) is 5.91 Å². The molecule has 0 aliphatic carbocycles. The van der Waals surface area contributed by atoms with E-state index in [0.29, 0.717) is 31.4 Å². The Bertz CT molecular complexity index is 965. The molecule has 1 atom stereocenters. The van der Waals surface area contributed by atoms with Crippen molar-refractivity contribution in [2.24, 2.45) is 0 Å². The number of nitrogens with one attached hydrogen (secondary N) is 1. The molecule has 6 heteroatoms. The topological polar surface area (TPSA) is 66.0 Å². The number of hydrogen-bond acceptors (Lipinski definition) is 5. The molecule has 2 aliphatic heterocycles. The zero-order chi connectivity index (χ0) is 22.7. The lowest BCUT2D eigenvalue weighted by Gasteiger charge is -2.38. The van der Waals surface area contributed by atoms with Crippen molar-refractivity contribution in [3.63, 3.8) is 0 Å². The molecule has 2 heterocycles. The highest BCUT2D eigenvalue weighted by Gasteiger charge is 2.36. The molecule has 2 aromatic carbocycles. The van der Waals surface area contributed by atoms with E-state index in [0.717, 1.165) is 29.9 Å². The molecular weight excluding hydrogens is 406 g/mol. The van der Waals surface area contributed by atoms with E-state index in [9.17, 15) is 4.79 Å².